The van der Waals surface area contributed by atoms with Crippen LogP contribution in [-0.4, -0.2) is 25.5 Å². The van der Waals surface area contributed by atoms with Crippen LogP contribution in [0.15, 0.2) is 42.5 Å². The summed E-state index contributed by atoms with van der Waals surface area (Å²) in [6.07, 6.45) is 3.93. The molecule has 2 aromatic rings. The summed E-state index contributed by atoms with van der Waals surface area (Å²) in [7, 11) is 0. The first kappa shape index (κ1) is 19.7. The van der Waals surface area contributed by atoms with Crippen LogP contribution in [0.4, 0.5) is 0 Å². The highest BCUT2D eigenvalue weighted by atomic mass is 35.5. The van der Waals surface area contributed by atoms with Crippen LogP contribution in [0.25, 0.3) is 10.8 Å². The Bertz CT molecular complexity index is 677. The molecule has 3 nitrogen and oxygen atoms in total. The van der Waals surface area contributed by atoms with E-state index in [9.17, 15) is 4.79 Å². The van der Waals surface area contributed by atoms with E-state index < -0.39 is 0 Å². The first-order valence-electron chi connectivity index (χ1n) is 9.18. The average Bonchev–Trinajstić information content (AvgIpc) is 2.62. The zero-order valence-electron chi connectivity index (χ0n) is 15.0. The van der Waals surface area contributed by atoms with Crippen molar-refractivity contribution in [1.82, 2.24) is 10.6 Å². The molecule has 2 aromatic carbocycles. The molecule has 0 saturated carbocycles. The molecule has 2 N–H and O–H groups in total. The first-order chi connectivity index (χ1) is 11.7. The van der Waals surface area contributed by atoms with Crippen molar-refractivity contribution in [2.75, 3.05) is 19.6 Å². The summed E-state index contributed by atoms with van der Waals surface area (Å²) in [4.78, 5) is 12.2. The number of nitrogens with one attached hydrogen (secondary N) is 2. The van der Waals surface area contributed by atoms with Crippen LogP contribution >= 0.6 is 12.4 Å². The minimum atomic E-state index is 0. The fraction of sp³-hybridized carbons (Fsp3) is 0.476. The maximum absolute atomic E-state index is 12.2. The number of amides is 1. The van der Waals surface area contributed by atoms with Gasteiger partial charge in [0.1, 0.15) is 0 Å². The summed E-state index contributed by atoms with van der Waals surface area (Å²) in [6.45, 7) is 5.13. The summed E-state index contributed by atoms with van der Waals surface area (Å²) < 4.78 is 0. The zero-order chi connectivity index (χ0) is 16.8. The normalized spacial score (nSPS) is 16.2. The van der Waals surface area contributed by atoms with E-state index in [1.807, 2.05) is 0 Å². The van der Waals surface area contributed by atoms with Crippen molar-refractivity contribution in [1.29, 1.82) is 0 Å². The molecule has 1 saturated heterocycles. The van der Waals surface area contributed by atoms with E-state index >= 15 is 0 Å². The van der Waals surface area contributed by atoms with E-state index in [1.165, 1.54) is 29.2 Å². The molecule has 1 unspecified atom stereocenters. The molecule has 1 heterocycles. The maximum Gasteiger partial charge on any atom is 0.220 e. The Labute approximate surface area is 157 Å². The number of piperidine rings is 1. The lowest BCUT2D eigenvalue weighted by molar-refractivity contribution is -0.122. The number of hydrogen-bond donors (Lipinski definition) is 2. The van der Waals surface area contributed by atoms with Gasteiger partial charge in [-0.25, -0.2) is 0 Å². The largest absolute Gasteiger partial charge is 0.356 e. The van der Waals surface area contributed by atoms with E-state index in [0.29, 0.717) is 24.8 Å². The molecule has 0 bridgehead atoms. The summed E-state index contributed by atoms with van der Waals surface area (Å²) in [5.41, 5.74) is 1.31. The number of fused-ring (bicyclic) bond motifs is 1. The van der Waals surface area contributed by atoms with Gasteiger partial charge < -0.3 is 10.6 Å². The van der Waals surface area contributed by atoms with Gasteiger partial charge in [-0.05, 0) is 60.5 Å². The summed E-state index contributed by atoms with van der Waals surface area (Å²) in [6, 6.07) is 14.8. The molecular formula is C21H29ClN2O. The van der Waals surface area contributed by atoms with Crippen LogP contribution in [0.5, 0.6) is 0 Å². The minimum Gasteiger partial charge on any atom is -0.356 e. The Kier molecular flexibility index (Phi) is 7.73. The Morgan fingerprint density at radius 1 is 1.16 bits per heavy atom. The standard InChI is InChI=1S/C21H28N2O.ClH/c1-16(17-9-12-22-13-10-17)15-21(24)23-14-11-19-7-4-6-18-5-2-3-8-20(18)19;/h2-8,16-17,22H,9-15H2,1H3,(H,23,24);1H. The molecule has 1 atom stereocenters. The second-order valence-electron chi connectivity index (χ2n) is 7.01. The molecule has 0 spiro atoms. The molecule has 1 aliphatic rings. The van der Waals surface area contributed by atoms with Crippen molar-refractivity contribution in [3.05, 3.63) is 48.0 Å². The highest BCUT2D eigenvalue weighted by Gasteiger charge is 2.21. The Balaban J connectivity index is 0.00000225. The SMILES string of the molecule is CC(CC(=O)NCCc1cccc2ccccc12)C1CCNCC1.Cl. The zero-order valence-corrected chi connectivity index (χ0v) is 15.8. The van der Waals surface area contributed by atoms with Crippen molar-refractivity contribution in [3.63, 3.8) is 0 Å². The number of carbonyl (C=O) groups excluding carboxylic acids is 1. The van der Waals surface area contributed by atoms with E-state index in [-0.39, 0.29) is 18.3 Å². The molecule has 25 heavy (non-hydrogen) atoms. The molecule has 0 aromatic heterocycles. The third kappa shape index (κ3) is 5.45. The van der Waals surface area contributed by atoms with E-state index in [1.54, 1.807) is 0 Å². The van der Waals surface area contributed by atoms with Crippen LogP contribution in [0.2, 0.25) is 0 Å². The van der Waals surface area contributed by atoms with Gasteiger partial charge in [0.05, 0.1) is 0 Å². The molecule has 136 valence electrons. The molecule has 0 aliphatic carbocycles. The van der Waals surface area contributed by atoms with Gasteiger partial charge in [-0.2, -0.15) is 0 Å². The van der Waals surface area contributed by atoms with Crippen molar-refractivity contribution < 1.29 is 4.79 Å². The van der Waals surface area contributed by atoms with Gasteiger partial charge in [0, 0.05) is 13.0 Å². The molecule has 3 rings (SSSR count). The fourth-order valence-corrected chi connectivity index (χ4v) is 3.79. The highest BCUT2D eigenvalue weighted by molar-refractivity contribution is 5.86. The van der Waals surface area contributed by atoms with Gasteiger partial charge in [-0.15, -0.1) is 12.4 Å². The van der Waals surface area contributed by atoms with Crippen molar-refractivity contribution in [2.24, 2.45) is 11.8 Å². The molecule has 1 amide bonds. The monoisotopic (exact) mass is 360 g/mol. The van der Waals surface area contributed by atoms with E-state index in [0.717, 1.165) is 19.5 Å². The molecule has 4 heteroatoms. The van der Waals surface area contributed by atoms with Crippen LogP contribution in [0.3, 0.4) is 0 Å². The number of benzene rings is 2. The van der Waals surface area contributed by atoms with Crippen LogP contribution in [0.1, 0.15) is 31.7 Å². The molecule has 1 fully saturated rings. The lowest BCUT2D eigenvalue weighted by Gasteiger charge is -2.27. The van der Waals surface area contributed by atoms with E-state index in [2.05, 4.69) is 60.0 Å². The third-order valence-corrected chi connectivity index (χ3v) is 5.29. The fourth-order valence-electron chi connectivity index (χ4n) is 3.79. The Hall–Kier alpha value is -1.58. The minimum absolute atomic E-state index is 0. The van der Waals surface area contributed by atoms with Crippen LogP contribution in [0, 0.1) is 11.8 Å². The maximum atomic E-state index is 12.2. The Morgan fingerprint density at radius 2 is 1.88 bits per heavy atom. The predicted molar refractivity (Wildman–Crippen MR) is 107 cm³/mol. The van der Waals surface area contributed by atoms with Gasteiger partial charge in [-0.1, -0.05) is 49.4 Å². The van der Waals surface area contributed by atoms with Gasteiger partial charge in [0.2, 0.25) is 5.91 Å². The number of hydrogen-bond acceptors (Lipinski definition) is 2. The number of carbonyl (C=O) groups is 1. The first-order valence-corrected chi connectivity index (χ1v) is 9.18. The summed E-state index contributed by atoms with van der Waals surface area (Å²) >= 11 is 0. The second-order valence-corrected chi connectivity index (χ2v) is 7.01. The second kappa shape index (κ2) is 9.79. The molecule has 0 radical (unpaired) electrons. The Morgan fingerprint density at radius 3 is 2.68 bits per heavy atom. The van der Waals surface area contributed by atoms with Gasteiger partial charge >= 0.3 is 0 Å². The van der Waals surface area contributed by atoms with Crippen molar-refractivity contribution >= 4 is 29.1 Å². The smallest absolute Gasteiger partial charge is 0.220 e. The highest BCUT2D eigenvalue weighted by Crippen LogP contribution is 2.24. The third-order valence-electron chi connectivity index (χ3n) is 5.29. The summed E-state index contributed by atoms with van der Waals surface area (Å²) in [5, 5.41) is 9.05. The van der Waals surface area contributed by atoms with Crippen LogP contribution in [-0.2, 0) is 11.2 Å². The van der Waals surface area contributed by atoms with Crippen LogP contribution < -0.4 is 10.6 Å². The number of rotatable bonds is 6. The summed E-state index contributed by atoms with van der Waals surface area (Å²) in [5.74, 6) is 1.36. The lowest BCUT2D eigenvalue weighted by Crippen LogP contribution is -2.34. The molecular weight excluding hydrogens is 332 g/mol. The lowest BCUT2D eigenvalue weighted by atomic mass is 9.84. The molecule has 1 aliphatic heterocycles. The number of halogens is 1. The quantitative estimate of drug-likeness (QED) is 0.819. The van der Waals surface area contributed by atoms with Gasteiger partial charge in [0.15, 0.2) is 0 Å². The average molecular weight is 361 g/mol. The van der Waals surface area contributed by atoms with Crippen molar-refractivity contribution in [2.45, 2.75) is 32.6 Å². The van der Waals surface area contributed by atoms with Gasteiger partial charge in [0.25, 0.3) is 0 Å². The predicted octanol–water partition coefficient (Wildman–Crippen LogP) is 3.95. The van der Waals surface area contributed by atoms with E-state index in [4.69, 9.17) is 0 Å². The van der Waals surface area contributed by atoms with Crippen molar-refractivity contribution in [3.8, 4) is 0 Å². The topological polar surface area (TPSA) is 41.1 Å². The van der Waals surface area contributed by atoms with Gasteiger partial charge in [-0.3, -0.25) is 4.79 Å².